The summed E-state index contributed by atoms with van der Waals surface area (Å²) in [6, 6.07) is 13.4. The topological polar surface area (TPSA) is 107 Å². The summed E-state index contributed by atoms with van der Waals surface area (Å²) in [6.07, 6.45) is 17.4. The van der Waals surface area contributed by atoms with Gasteiger partial charge in [-0.3, -0.25) is 9.97 Å². The largest absolute Gasteiger partial charge is 0.661 e. The predicted molar refractivity (Wildman–Crippen MR) is 151 cm³/mol. The van der Waals surface area contributed by atoms with Crippen LogP contribution in [0.5, 0.6) is 0 Å². The van der Waals surface area contributed by atoms with E-state index < -0.39 is 0 Å². The van der Waals surface area contributed by atoms with Crippen LogP contribution >= 0.6 is 10.1 Å². The van der Waals surface area contributed by atoms with Crippen molar-refractivity contribution in [2.45, 2.75) is 81.6 Å². The number of halogens is 1. The molecule has 2 aromatic heterocycles. The number of nitrogens with one attached hydrogen (secondary N) is 1. The summed E-state index contributed by atoms with van der Waals surface area (Å²) >= 11 is 3.66. The van der Waals surface area contributed by atoms with Crippen molar-refractivity contribution in [3.8, 4) is 0 Å². The van der Waals surface area contributed by atoms with E-state index in [0.717, 1.165) is 49.5 Å². The van der Waals surface area contributed by atoms with Gasteiger partial charge in [-0.25, -0.2) is 0 Å². The molecule has 2 aromatic rings. The molecular weight excluding hydrogens is 547 g/mol. The molecule has 10 heteroatoms. The maximum absolute atomic E-state index is 4.70. The SMILES string of the molecule is C1=CC(C2CCCC[N-]2)[N-]N=C1c1ccccn1.[Cl][Cu+].c1ccc(C2CCC(C3CCCC[N-]3)[N-]N2)nc1. The molecule has 0 spiro atoms. The number of aromatic nitrogens is 2. The van der Waals surface area contributed by atoms with Crippen LogP contribution in [0.15, 0.2) is 66.0 Å². The summed E-state index contributed by atoms with van der Waals surface area (Å²) in [6.45, 7) is 2.00. The fourth-order valence-corrected chi connectivity index (χ4v) is 5.19. The van der Waals surface area contributed by atoms with E-state index in [-0.39, 0.29) is 12.1 Å². The molecule has 209 valence electrons. The summed E-state index contributed by atoms with van der Waals surface area (Å²) in [5.41, 5.74) is 15.1. The molecule has 1 N–H and O–H groups in total. The molecule has 5 atom stereocenters. The third-order valence-electron chi connectivity index (χ3n) is 7.25. The molecule has 0 radical (unpaired) electrons. The Bertz CT molecular complexity index is 973. The van der Waals surface area contributed by atoms with Gasteiger partial charge in [-0.15, -0.1) is 31.2 Å². The van der Waals surface area contributed by atoms with Gasteiger partial charge in [0.05, 0.1) is 17.1 Å². The monoisotopic (exact) mass is 582 g/mol. The van der Waals surface area contributed by atoms with Crippen molar-refractivity contribution in [3.63, 3.8) is 0 Å². The molecule has 4 aliphatic rings. The number of nitrogens with zero attached hydrogens (tertiary/aromatic N) is 7. The summed E-state index contributed by atoms with van der Waals surface area (Å²) < 4.78 is 0. The van der Waals surface area contributed by atoms with E-state index in [9.17, 15) is 0 Å². The quantitative estimate of drug-likeness (QED) is 0.400. The van der Waals surface area contributed by atoms with Crippen LogP contribution < -0.4 is 5.43 Å². The molecule has 3 saturated heterocycles. The van der Waals surface area contributed by atoms with Gasteiger partial charge < -0.3 is 32.0 Å². The Balaban J connectivity index is 0.000000166. The van der Waals surface area contributed by atoms with E-state index in [2.05, 4.69) is 74.0 Å². The van der Waals surface area contributed by atoms with Gasteiger partial charge >= 0.3 is 25.2 Å². The fourth-order valence-electron chi connectivity index (χ4n) is 5.19. The first-order chi connectivity index (χ1) is 18.9. The van der Waals surface area contributed by atoms with E-state index in [1.54, 1.807) is 6.20 Å². The maximum Gasteiger partial charge on any atom is 0.0558 e. The van der Waals surface area contributed by atoms with E-state index in [0.29, 0.717) is 18.1 Å². The normalized spacial score (nSPS) is 28.9. The molecule has 5 unspecified atom stereocenters. The van der Waals surface area contributed by atoms with Crippen molar-refractivity contribution in [3.05, 3.63) is 93.8 Å². The number of hydrogen-bond donors (Lipinski definition) is 1. The Hall–Kier alpha value is -1.84. The minimum absolute atomic E-state index is 0.123. The summed E-state index contributed by atoms with van der Waals surface area (Å²) in [5, 5.41) is 13.6. The molecule has 0 bridgehead atoms. The Morgan fingerprint density at radius 2 is 1.53 bits per heavy atom. The van der Waals surface area contributed by atoms with Crippen molar-refractivity contribution in [1.82, 2.24) is 15.4 Å². The van der Waals surface area contributed by atoms with Crippen LogP contribution in [-0.4, -0.2) is 52.9 Å². The van der Waals surface area contributed by atoms with Crippen LogP contribution in [0.3, 0.4) is 0 Å². The molecule has 38 heavy (non-hydrogen) atoms. The molecular formula is C28H36ClCuN8-3. The molecule has 0 aliphatic carbocycles. The maximum atomic E-state index is 4.70. The van der Waals surface area contributed by atoms with Crippen LogP contribution in [0, 0.1) is 0 Å². The average molecular weight is 584 g/mol. The summed E-state index contributed by atoms with van der Waals surface area (Å²) in [7, 11) is 4.20. The molecule has 4 aliphatic heterocycles. The first kappa shape index (κ1) is 29.1. The zero-order chi connectivity index (χ0) is 26.4. The molecule has 0 amide bonds. The number of rotatable bonds is 4. The average Bonchev–Trinajstić information content (AvgIpc) is 3.04. The van der Waals surface area contributed by atoms with E-state index in [4.69, 9.17) is 5.32 Å². The van der Waals surface area contributed by atoms with Crippen LogP contribution in [-0.2, 0) is 15.1 Å². The zero-order valence-corrected chi connectivity index (χ0v) is 23.2. The van der Waals surface area contributed by atoms with Crippen molar-refractivity contribution in [1.29, 1.82) is 0 Å². The Morgan fingerprint density at radius 3 is 2.08 bits per heavy atom. The molecule has 0 aromatic carbocycles. The number of piperidine rings is 2. The van der Waals surface area contributed by atoms with Crippen LogP contribution in [0.1, 0.15) is 68.8 Å². The van der Waals surface area contributed by atoms with Crippen LogP contribution in [0.2, 0.25) is 0 Å². The molecule has 3 fully saturated rings. The Labute approximate surface area is 239 Å². The number of pyridine rings is 2. The fraction of sp³-hybridized carbons (Fsp3) is 0.536. The Kier molecular flexibility index (Phi) is 12.5. The standard InChI is InChI=1S/C14H20N4.C14H16N4.ClH.Cu/c2*1-3-9-15-11(5-1)13-7-8-14(18-17-13)12-6-2-4-10-16-12;;/h1,3,5,9,12-14,17H,2,4,6-8,10H2;1,3,5,7-9,12,14H,2,4,6,10H2;1H;/q2*-2;;+2/p-1. The van der Waals surface area contributed by atoms with Gasteiger partial charge in [0.15, 0.2) is 0 Å². The van der Waals surface area contributed by atoms with Crippen LogP contribution in [0.25, 0.3) is 21.5 Å². The second kappa shape index (κ2) is 16.3. The molecule has 6 heterocycles. The summed E-state index contributed by atoms with van der Waals surface area (Å²) in [4.78, 5) is 8.67. The zero-order valence-electron chi connectivity index (χ0n) is 21.5. The van der Waals surface area contributed by atoms with Crippen molar-refractivity contribution in [2.24, 2.45) is 5.10 Å². The third-order valence-corrected chi connectivity index (χ3v) is 7.25. The van der Waals surface area contributed by atoms with E-state index in [1.165, 1.54) is 32.1 Å². The smallest absolute Gasteiger partial charge is 0.0558 e. The van der Waals surface area contributed by atoms with E-state index >= 15 is 0 Å². The molecule has 8 nitrogen and oxygen atoms in total. The molecule has 6 rings (SSSR count). The minimum atomic E-state index is 0.123. The van der Waals surface area contributed by atoms with Gasteiger partial charge in [-0.1, -0.05) is 63.2 Å². The van der Waals surface area contributed by atoms with Crippen molar-refractivity contribution < 1.29 is 15.1 Å². The number of allylic oxidation sites excluding steroid dienone is 1. The minimum Gasteiger partial charge on any atom is -0.661 e. The molecule has 0 saturated carbocycles. The van der Waals surface area contributed by atoms with Gasteiger partial charge in [0.1, 0.15) is 0 Å². The third kappa shape index (κ3) is 8.58. The van der Waals surface area contributed by atoms with Gasteiger partial charge in [0.25, 0.3) is 0 Å². The Morgan fingerprint density at radius 1 is 0.789 bits per heavy atom. The first-order valence-electron chi connectivity index (χ1n) is 13.5. The van der Waals surface area contributed by atoms with E-state index in [1.807, 2.05) is 42.6 Å². The van der Waals surface area contributed by atoms with Gasteiger partial charge in [-0.05, 0) is 36.8 Å². The van der Waals surface area contributed by atoms with Crippen molar-refractivity contribution >= 4 is 15.8 Å². The van der Waals surface area contributed by atoms with Crippen molar-refractivity contribution in [2.75, 3.05) is 13.1 Å². The second-order valence-corrected chi connectivity index (χ2v) is 9.81. The van der Waals surface area contributed by atoms with Gasteiger partial charge in [-0.2, -0.15) is 6.04 Å². The first-order valence-corrected chi connectivity index (χ1v) is 14.8. The number of hydrogen-bond acceptors (Lipinski definition) is 4. The summed E-state index contributed by atoms with van der Waals surface area (Å²) in [5.74, 6) is 0. The van der Waals surface area contributed by atoms with Gasteiger partial charge in [0, 0.05) is 18.4 Å². The van der Waals surface area contributed by atoms with Gasteiger partial charge in [0.2, 0.25) is 0 Å². The second-order valence-electron chi connectivity index (χ2n) is 9.81. The predicted octanol–water partition coefficient (Wildman–Crippen LogP) is 6.80. The van der Waals surface area contributed by atoms with Crippen LogP contribution in [0.4, 0.5) is 0 Å².